The van der Waals surface area contributed by atoms with E-state index in [0.717, 1.165) is 0 Å². The van der Waals surface area contributed by atoms with Gasteiger partial charge in [-0.2, -0.15) is 0 Å². The SMILES string of the molecule is CC(O)C1OC(N2C=CC(N)=NC2O)C(O)C1O. The predicted molar refractivity (Wildman–Crippen MR) is 61.0 cm³/mol. The monoisotopic (exact) mass is 259 g/mol. The third kappa shape index (κ3) is 2.20. The van der Waals surface area contributed by atoms with Gasteiger partial charge in [0.1, 0.15) is 24.1 Å². The molecule has 8 nitrogen and oxygen atoms in total. The summed E-state index contributed by atoms with van der Waals surface area (Å²) in [5.41, 5.74) is 5.41. The van der Waals surface area contributed by atoms with Crippen LogP contribution in [0.3, 0.4) is 0 Å². The van der Waals surface area contributed by atoms with Crippen LogP contribution in [0, 0.1) is 0 Å². The minimum Gasteiger partial charge on any atom is -0.391 e. The van der Waals surface area contributed by atoms with Crippen molar-refractivity contribution in [3.8, 4) is 0 Å². The molecule has 0 bridgehead atoms. The molecule has 0 aromatic heterocycles. The number of hydrogen-bond acceptors (Lipinski definition) is 8. The summed E-state index contributed by atoms with van der Waals surface area (Å²) in [5.74, 6) is 0.152. The molecule has 6 atom stereocenters. The zero-order valence-electron chi connectivity index (χ0n) is 9.79. The number of aliphatic hydroxyl groups excluding tert-OH is 4. The van der Waals surface area contributed by atoms with Crippen LogP contribution in [0.1, 0.15) is 6.92 Å². The summed E-state index contributed by atoms with van der Waals surface area (Å²) < 4.78 is 5.35. The summed E-state index contributed by atoms with van der Waals surface area (Å²) in [6.07, 6.45) is -3.81. The molecule has 1 saturated heterocycles. The van der Waals surface area contributed by atoms with Crippen molar-refractivity contribution in [2.24, 2.45) is 10.7 Å². The Hall–Kier alpha value is -1.19. The van der Waals surface area contributed by atoms with Crippen molar-refractivity contribution >= 4 is 5.84 Å². The minimum atomic E-state index is -1.30. The van der Waals surface area contributed by atoms with Gasteiger partial charge in [0.05, 0.1) is 6.10 Å². The van der Waals surface area contributed by atoms with E-state index in [1.807, 2.05) is 0 Å². The lowest BCUT2D eigenvalue weighted by atomic mass is 10.1. The topological polar surface area (TPSA) is 132 Å². The molecule has 0 amide bonds. The highest BCUT2D eigenvalue weighted by Gasteiger charge is 2.48. The van der Waals surface area contributed by atoms with Gasteiger partial charge in [-0.1, -0.05) is 0 Å². The van der Waals surface area contributed by atoms with E-state index in [1.165, 1.54) is 24.1 Å². The number of amidine groups is 1. The molecule has 0 aliphatic carbocycles. The minimum absolute atomic E-state index is 0.152. The second-order valence-corrected chi connectivity index (χ2v) is 4.38. The molecule has 8 heteroatoms. The molecule has 2 heterocycles. The van der Waals surface area contributed by atoms with E-state index in [-0.39, 0.29) is 5.84 Å². The Kier molecular flexibility index (Phi) is 3.55. The number of aliphatic imine (C=N–C) groups is 1. The third-order valence-electron chi connectivity index (χ3n) is 2.99. The van der Waals surface area contributed by atoms with Crippen LogP contribution in [0.5, 0.6) is 0 Å². The highest BCUT2D eigenvalue weighted by molar-refractivity contribution is 5.91. The zero-order chi connectivity index (χ0) is 13.4. The maximum atomic E-state index is 9.86. The predicted octanol–water partition coefficient (Wildman–Crippen LogP) is -2.72. The lowest BCUT2D eigenvalue weighted by molar-refractivity contribution is -0.138. The first kappa shape index (κ1) is 13.2. The van der Waals surface area contributed by atoms with Crippen LogP contribution in [-0.2, 0) is 4.74 Å². The molecule has 2 rings (SSSR count). The van der Waals surface area contributed by atoms with Crippen LogP contribution in [0.25, 0.3) is 0 Å². The van der Waals surface area contributed by atoms with E-state index in [9.17, 15) is 20.4 Å². The molecule has 0 radical (unpaired) electrons. The lowest BCUT2D eigenvalue weighted by Crippen LogP contribution is -2.47. The lowest BCUT2D eigenvalue weighted by Gasteiger charge is -2.33. The van der Waals surface area contributed by atoms with Crippen LogP contribution < -0.4 is 5.73 Å². The molecule has 102 valence electrons. The highest BCUT2D eigenvalue weighted by Crippen LogP contribution is 2.28. The van der Waals surface area contributed by atoms with E-state index in [1.54, 1.807) is 0 Å². The number of nitrogens with zero attached hydrogens (tertiary/aromatic N) is 2. The summed E-state index contributed by atoms with van der Waals surface area (Å²) in [4.78, 5) is 4.91. The van der Waals surface area contributed by atoms with Crippen LogP contribution in [0.2, 0.25) is 0 Å². The molecule has 2 aliphatic heterocycles. The Bertz CT molecular complexity index is 373. The van der Waals surface area contributed by atoms with E-state index < -0.39 is 37.0 Å². The first-order valence-electron chi connectivity index (χ1n) is 5.58. The molecule has 0 aromatic rings. The van der Waals surface area contributed by atoms with Gasteiger partial charge in [-0.25, -0.2) is 4.99 Å². The smallest absolute Gasteiger partial charge is 0.229 e. The summed E-state index contributed by atoms with van der Waals surface area (Å²) in [7, 11) is 0. The normalized spacial score (nSPS) is 41.9. The Labute approximate surface area is 104 Å². The second-order valence-electron chi connectivity index (χ2n) is 4.38. The molecule has 1 fully saturated rings. The number of hydrogen-bond donors (Lipinski definition) is 5. The van der Waals surface area contributed by atoms with Gasteiger partial charge in [0.15, 0.2) is 6.23 Å². The average molecular weight is 259 g/mol. The Morgan fingerprint density at radius 2 is 2.06 bits per heavy atom. The van der Waals surface area contributed by atoms with Gasteiger partial charge < -0.3 is 35.8 Å². The van der Waals surface area contributed by atoms with Crippen molar-refractivity contribution < 1.29 is 25.2 Å². The van der Waals surface area contributed by atoms with Crippen LogP contribution >= 0.6 is 0 Å². The first-order valence-corrected chi connectivity index (χ1v) is 5.58. The first-order chi connectivity index (χ1) is 8.41. The van der Waals surface area contributed by atoms with Crippen molar-refractivity contribution in [3.63, 3.8) is 0 Å². The number of nitrogens with two attached hydrogens (primary N) is 1. The van der Waals surface area contributed by atoms with Gasteiger partial charge in [-0.3, -0.25) is 0 Å². The van der Waals surface area contributed by atoms with Crippen molar-refractivity contribution in [3.05, 3.63) is 12.3 Å². The molecule has 18 heavy (non-hydrogen) atoms. The maximum Gasteiger partial charge on any atom is 0.229 e. The van der Waals surface area contributed by atoms with Gasteiger partial charge >= 0.3 is 0 Å². The average Bonchev–Trinajstić information content (AvgIpc) is 2.57. The fourth-order valence-electron chi connectivity index (χ4n) is 2.03. The van der Waals surface area contributed by atoms with Gasteiger partial charge in [0.25, 0.3) is 0 Å². The quantitative estimate of drug-likeness (QED) is 0.364. The standard InChI is InChI=1S/C10H17N3O5/c1-4(14)8-6(15)7(16)9(18-8)13-3-2-5(11)12-10(13)17/h2-4,6-10,14-17H,1H3,(H2,11,12). The molecular formula is C10H17N3O5. The van der Waals surface area contributed by atoms with Crippen molar-refractivity contribution in [2.45, 2.75) is 43.9 Å². The zero-order valence-corrected chi connectivity index (χ0v) is 9.79. The third-order valence-corrected chi connectivity index (χ3v) is 2.99. The van der Waals surface area contributed by atoms with Gasteiger partial charge in [-0.15, -0.1) is 0 Å². The number of ether oxygens (including phenoxy) is 1. The summed E-state index contributed by atoms with van der Waals surface area (Å²) in [6.45, 7) is 1.45. The molecular weight excluding hydrogens is 242 g/mol. The molecule has 6 N–H and O–H groups in total. The fraction of sp³-hybridized carbons (Fsp3) is 0.700. The number of rotatable bonds is 2. The maximum absolute atomic E-state index is 9.86. The fourth-order valence-corrected chi connectivity index (χ4v) is 2.03. The van der Waals surface area contributed by atoms with Gasteiger partial charge in [-0.05, 0) is 13.0 Å². The van der Waals surface area contributed by atoms with Crippen molar-refractivity contribution in [1.29, 1.82) is 0 Å². The van der Waals surface area contributed by atoms with Gasteiger partial charge in [0.2, 0.25) is 6.35 Å². The Morgan fingerprint density at radius 3 is 2.56 bits per heavy atom. The second kappa shape index (κ2) is 4.82. The summed E-state index contributed by atoms with van der Waals surface area (Å²) in [6, 6.07) is 0. The molecule has 0 aromatic carbocycles. The summed E-state index contributed by atoms with van der Waals surface area (Å²) >= 11 is 0. The van der Waals surface area contributed by atoms with E-state index in [4.69, 9.17) is 10.5 Å². The summed E-state index contributed by atoms with van der Waals surface area (Å²) in [5, 5.41) is 38.7. The van der Waals surface area contributed by atoms with Crippen LogP contribution in [-0.4, -0.2) is 68.2 Å². The highest BCUT2D eigenvalue weighted by atomic mass is 16.6. The van der Waals surface area contributed by atoms with Crippen molar-refractivity contribution in [1.82, 2.24) is 4.90 Å². The van der Waals surface area contributed by atoms with E-state index in [2.05, 4.69) is 4.99 Å². The molecule has 0 saturated carbocycles. The van der Waals surface area contributed by atoms with Crippen LogP contribution in [0.15, 0.2) is 17.3 Å². The Balaban J connectivity index is 2.13. The van der Waals surface area contributed by atoms with E-state index in [0.29, 0.717) is 0 Å². The van der Waals surface area contributed by atoms with Gasteiger partial charge in [0, 0.05) is 6.20 Å². The molecule has 6 unspecified atom stereocenters. The number of aliphatic hydroxyl groups is 4. The van der Waals surface area contributed by atoms with E-state index >= 15 is 0 Å². The van der Waals surface area contributed by atoms with Crippen LogP contribution in [0.4, 0.5) is 0 Å². The molecule has 0 spiro atoms. The largest absolute Gasteiger partial charge is 0.391 e. The Morgan fingerprint density at radius 1 is 1.39 bits per heavy atom. The molecule has 2 aliphatic rings. The van der Waals surface area contributed by atoms with Crippen molar-refractivity contribution in [2.75, 3.05) is 0 Å².